The third kappa shape index (κ3) is 4.67. The van der Waals surface area contributed by atoms with E-state index in [1.54, 1.807) is 6.33 Å². The molecule has 0 saturated carbocycles. The molecule has 2 aromatic rings. The van der Waals surface area contributed by atoms with Crippen molar-refractivity contribution >= 4 is 17.5 Å². The highest BCUT2D eigenvalue weighted by atomic mass is 16.5. The topological polar surface area (TPSA) is 79.4 Å². The number of rotatable bonds is 6. The Morgan fingerprint density at radius 2 is 2.00 bits per heavy atom. The molecule has 1 saturated heterocycles. The van der Waals surface area contributed by atoms with Crippen LogP contribution in [0.15, 0.2) is 36.7 Å². The summed E-state index contributed by atoms with van der Waals surface area (Å²) < 4.78 is 5.36. The number of anilines is 2. The first-order valence-electron chi connectivity index (χ1n) is 8.46. The lowest BCUT2D eigenvalue weighted by atomic mass is 10.1. The normalized spacial score (nSPS) is 14.2. The summed E-state index contributed by atoms with van der Waals surface area (Å²) in [5.74, 6) is 1.59. The molecule has 1 amide bonds. The Balaban J connectivity index is 1.47. The molecule has 1 aromatic heterocycles. The summed E-state index contributed by atoms with van der Waals surface area (Å²) in [4.78, 5) is 22.9. The Morgan fingerprint density at radius 3 is 2.80 bits per heavy atom. The second-order valence-electron chi connectivity index (χ2n) is 5.86. The van der Waals surface area contributed by atoms with E-state index in [1.165, 1.54) is 0 Å². The monoisotopic (exact) mass is 341 g/mol. The van der Waals surface area contributed by atoms with Crippen molar-refractivity contribution in [2.24, 2.45) is 0 Å². The van der Waals surface area contributed by atoms with E-state index >= 15 is 0 Å². The molecule has 0 aliphatic carbocycles. The number of aryl methyl sites for hydroxylation is 1. The molecule has 0 bridgehead atoms. The number of nitrogens with zero attached hydrogens (tertiary/aromatic N) is 3. The van der Waals surface area contributed by atoms with E-state index in [2.05, 4.69) is 25.5 Å². The predicted octanol–water partition coefficient (Wildman–Crippen LogP) is 1.46. The lowest BCUT2D eigenvalue weighted by Crippen LogP contribution is -2.36. The highest BCUT2D eigenvalue weighted by Gasteiger charge is 2.13. The molecule has 7 nitrogen and oxygen atoms in total. The smallest absolute Gasteiger partial charge is 0.251 e. The minimum atomic E-state index is -0.0587. The Bertz CT molecular complexity index is 716. The maximum absolute atomic E-state index is 12.2. The molecule has 0 atom stereocenters. The summed E-state index contributed by atoms with van der Waals surface area (Å²) >= 11 is 0. The van der Waals surface area contributed by atoms with Crippen molar-refractivity contribution in [3.8, 4) is 0 Å². The Morgan fingerprint density at radius 1 is 1.20 bits per heavy atom. The van der Waals surface area contributed by atoms with Crippen LogP contribution in [0.5, 0.6) is 0 Å². The third-order valence-electron chi connectivity index (χ3n) is 4.09. The molecule has 0 spiro atoms. The van der Waals surface area contributed by atoms with Crippen molar-refractivity contribution in [1.82, 2.24) is 15.3 Å². The van der Waals surface area contributed by atoms with Crippen molar-refractivity contribution in [3.05, 3.63) is 47.8 Å². The first-order chi connectivity index (χ1) is 12.2. The first-order valence-corrected chi connectivity index (χ1v) is 8.46. The van der Waals surface area contributed by atoms with E-state index in [-0.39, 0.29) is 5.91 Å². The second kappa shape index (κ2) is 8.43. The molecule has 25 heavy (non-hydrogen) atoms. The number of hydrogen-bond acceptors (Lipinski definition) is 6. The van der Waals surface area contributed by atoms with E-state index in [0.29, 0.717) is 18.7 Å². The minimum absolute atomic E-state index is 0.0587. The third-order valence-corrected chi connectivity index (χ3v) is 4.09. The molecule has 1 aliphatic rings. The van der Waals surface area contributed by atoms with Crippen LogP contribution in [0.4, 0.5) is 11.6 Å². The lowest BCUT2D eigenvalue weighted by Gasteiger charge is -2.27. The predicted molar refractivity (Wildman–Crippen MR) is 97.1 cm³/mol. The molecule has 7 heteroatoms. The molecule has 2 N–H and O–H groups in total. The van der Waals surface area contributed by atoms with Gasteiger partial charge in [0.05, 0.1) is 13.2 Å². The average molecular weight is 341 g/mol. The van der Waals surface area contributed by atoms with E-state index in [1.807, 2.05) is 37.3 Å². The zero-order valence-corrected chi connectivity index (χ0v) is 14.4. The van der Waals surface area contributed by atoms with Gasteiger partial charge < -0.3 is 20.3 Å². The van der Waals surface area contributed by atoms with Crippen LogP contribution in [-0.2, 0) is 4.74 Å². The molecule has 2 heterocycles. The molecule has 1 fully saturated rings. The second-order valence-corrected chi connectivity index (χ2v) is 5.86. The number of benzene rings is 1. The summed E-state index contributed by atoms with van der Waals surface area (Å²) in [7, 11) is 0. The van der Waals surface area contributed by atoms with Gasteiger partial charge in [-0.15, -0.1) is 0 Å². The number of hydrogen-bond donors (Lipinski definition) is 2. The standard InChI is InChI=1S/C18H23N5O2/c1-14-4-2-3-5-15(14)18(24)20-7-6-19-16-12-17(22-13-21-16)23-8-10-25-11-9-23/h2-5,12-13H,6-11H2,1H3,(H,20,24)(H,19,21,22). The van der Waals surface area contributed by atoms with Crippen LogP contribution >= 0.6 is 0 Å². The molecule has 132 valence electrons. The fourth-order valence-electron chi connectivity index (χ4n) is 2.70. The van der Waals surface area contributed by atoms with Gasteiger partial charge in [0.2, 0.25) is 0 Å². The zero-order valence-electron chi connectivity index (χ0n) is 14.4. The average Bonchev–Trinajstić information content (AvgIpc) is 2.66. The number of carbonyl (C=O) groups is 1. The van der Waals surface area contributed by atoms with Crippen molar-refractivity contribution in [2.45, 2.75) is 6.92 Å². The zero-order chi connectivity index (χ0) is 17.5. The molecule has 0 radical (unpaired) electrons. The number of carbonyl (C=O) groups excluding carboxylic acids is 1. The Hall–Kier alpha value is -2.67. The van der Waals surface area contributed by atoms with Gasteiger partial charge in [0.1, 0.15) is 18.0 Å². The van der Waals surface area contributed by atoms with Gasteiger partial charge in [0.15, 0.2) is 0 Å². The molecule has 1 aliphatic heterocycles. The van der Waals surface area contributed by atoms with E-state index in [9.17, 15) is 4.79 Å². The van der Waals surface area contributed by atoms with Crippen LogP contribution in [0.3, 0.4) is 0 Å². The van der Waals surface area contributed by atoms with Crippen LogP contribution < -0.4 is 15.5 Å². The van der Waals surface area contributed by atoms with Gasteiger partial charge in [-0.25, -0.2) is 9.97 Å². The highest BCUT2D eigenvalue weighted by Crippen LogP contribution is 2.15. The van der Waals surface area contributed by atoms with E-state index in [0.717, 1.165) is 43.5 Å². The number of amides is 1. The van der Waals surface area contributed by atoms with Crippen LogP contribution in [0, 0.1) is 6.92 Å². The van der Waals surface area contributed by atoms with Gasteiger partial charge in [-0.05, 0) is 18.6 Å². The first kappa shape index (κ1) is 17.2. The Labute approximate surface area is 147 Å². The molecular weight excluding hydrogens is 318 g/mol. The van der Waals surface area contributed by atoms with Crippen molar-refractivity contribution in [2.75, 3.05) is 49.6 Å². The van der Waals surface area contributed by atoms with Crippen molar-refractivity contribution in [1.29, 1.82) is 0 Å². The van der Waals surface area contributed by atoms with Gasteiger partial charge in [-0.2, -0.15) is 0 Å². The van der Waals surface area contributed by atoms with Crippen LogP contribution in [0.25, 0.3) is 0 Å². The molecule has 3 rings (SSSR count). The Kier molecular flexibility index (Phi) is 5.79. The maximum atomic E-state index is 12.2. The summed E-state index contributed by atoms with van der Waals surface area (Å²) in [6, 6.07) is 9.48. The van der Waals surface area contributed by atoms with Gasteiger partial charge in [-0.3, -0.25) is 4.79 Å². The summed E-state index contributed by atoms with van der Waals surface area (Å²) in [6.07, 6.45) is 1.55. The largest absolute Gasteiger partial charge is 0.378 e. The summed E-state index contributed by atoms with van der Waals surface area (Å²) in [6.45, 7) is 6.16. The maximum Gasteiger partial charge on any atom is 0.251 e. The summed E-state index contributed by atoms with van der Waals surface area (Å²) in [5.41, 5.74) is 1.68. The molecule has 0 unspecified atom stereocenters. The van der Waals surface area contributed by atoms with Crippen molar-refractivity contribution in [3.63, 3.8) is 0 Å². The number of morpholine rings is 1. The fourth-order valence-corrected chi connectivity index (χ4v) is 2.70. The number of ether oxygens (including phenoxy) is 1. The lowest BCUT2D eigenvalue weighted by molar-refractivity contribution is 0.0954. The molecular formula is C18H23N5O2. The summed E-state index contributed by atoms with van der Waals surface area (Å²) in [5, 5.41) is 6.14. The molecule has 1 aromatic carbocycles. The SMILES string of the molecule is Cc1ccccc1C(=O)NCCNc1cc(N2CCOCC2)ncn1. The van der Waals surface area contributed by atoms with Crippen LogP contribution in [0.2, 0.25) is 0 Å². The van der Waals surface area contributed by atoms with Gasteiger partial charge >= 0.3 is 0 Å². The van der Waals surface area contributed by atoms with Crippen LogP contribution in [0.1, 0.15) is 15.9 Å². The van der Waals surface area contributed by atoms with Crippen molar-refractivity contribution < 1.29 is 9.53 Å². The minimum Gasteiger partial charge on any atom is -0.378 e. The van der Waals surface area contributed by atoms with Gasteiger partial charge in [-0.1, -0.05) is 18.2 Å². The number of aromatic nitrogens is 2. The van der Waals surface area contributed by atoms with E-state index < -0.39 is 0 Å². The fraction of sp³-hybridized carbons (Fsp3) is 0.389. The van der Waals surface area contributed by atoms with Gasteiger partial charge in [0.25, 0.3) is 5.91 Å². The van der Waals surface area contributed by atoms with Gasteiger partial charge in [0, 0.05) is 37.8 Å². The highest BCUT2D eigenvalue weighted by molar-refractivity contribution is 5.95. The van der Waals surface area contributed by atoms with Crippen LogP contribution in [-0.4, -0.2) is 55.3 Å². The quantitative estimate of drug-likeness (QED) is 0.775. The number of nitrogens with one attached hydrogen (secondary N) is 2. The van der Waals surface area contributed by atoms with E-state index in [4.69, 9.17) is 4.74 Å².